The van der Waals surface area contributed by atoms with Gasteiger partial charge in [0.25, 0.3) is 11.8 Å². The highest BCUT2D eigenvalue weighted by atomic mass is 16.5. The Morgan fingerprint density at radius 2 is 1.62 bits per heavy atom. The quantitative estimate of drug-likeness (QED) is 0.485. The zero-order valence-electron chi connectivity index (χ0n) is 7.24. The molecule has 3 rings (SSSR count). The van der Waals surface area contributed by atoms with Crippen LogP contribution < -0.4 is 0 Å². The SMILES string of the molecule is CN1C(=O)C2=C(C1=O)C1CCC2O1. The summed E-state index contributed by atoms with van der Waals surface area (Å²) in [7, 11) is 1.53. The molecule has 1 saturated heterocycles. The molecule has 0 N–H and O–H groups in total. The van der Waals surface area contributed by atoms with E-state index in [-0.39, 0.29) is 24.0 Å². The number of imide groups is 1. The van der Waals surface area contributed by atoms with Gasteiger partial charge in [0.05, 0.1) is 23.4 Å². The lowest BCUT2D eigenvalue weighted by atomic mass is 9.93. The molecule has 0 saturated carbocycles. The van der Waals surface area contributed by atoms with Crippen LogP contribution in [0, 0.1) is 0 Å². The van der Waals surface area contributed by atoms with Crippen molar-refractivity contribution in [3.8, 4) is 0 Å². The van der Waals surface area contributed by atoms with Crippen LogP contribution >= 0.6 is 0 Å². The van der Waals surface area contributed by atoms with E-state index in [1.165, 1.54) is 11.9 Å². The number of ether oxygens (including phenoxy) is 1. The van der Waals surface area contributed by atoms with Crippen LogP contribution in [0.15, 0.2) is 11.1 Å². The Labute approximate surface area is 75.1 Å². The third-order valence-electron chi connectivity index (χ3n) is 3.02. The first kappa shape index (κ1) is 7.26. The van der Waals surface area contributed by atoms with Crippen LogP contribution in [0.5, 0.6) is 0 Å². The Morgan fingerprint density at radius 3 is 2.08 bits per heavy atom. The van der Waals surface area contributed by atoms with Crippen molar-refractivity contribution in [1.82, 2.24) is 4.90 Å². The predicted octanol–water partition coefficient (Wildman–Crippen LogP) is -0.157. The summed E-state index contributed by atoms with van der Waals surface area (Å²) in [6.07, 6.45) is 1.58. The van der Waals surface area contributed by atoms with E-state index in [1.54, 1.807) is 0 Å². The number of carbonyl (C=O) groups excluding carboxylic acids is 2. The van der Waals surface area contributed by atoms with Gasteiger partial charge in [-0.1, -0.05) is 0 Å². The van der Waals surface area contributed by atoms with E-state index in [1.807, 2.05) is 0 Å². The fourth-order valence-electron chi connectivity index (χ4n) is 2.37. The molecule has 0 aromatic rings. The lowest BCUT2D eigenvalue weighted by Crippen LogP contribution is -2.31. The molecule has 2 amide bonds. The molecule has 3 aliphatic heterocycles. The molecule has 13 heavy (non-hydrogen) atoms. The summed E-state index contributed by atoms with van der Waals surface area (Å²) in [6, 6.07) is 0. The van der Waals surface area contributed by atoms with Crippen molar-refractivity contribution in [3.05, 3.63) is 11.1 Å². The molecule has 68 valence electrons. The van der Waals surface area contributed by atoms with Crippen molar-refractivity contribution in [3.63, 3.8) is 0 Å². The third-order valence-corrected chi connectivity index (χ3v) is 3.02. The maximum atomic E-state index is 11.6. The Morgan fingerprint density at radius 1 is 1.15 bits per heavy atom. The molecule has 2 atom stereocenters. The zero-order chi connectivity index (χ0) is 9.16. The standard InChI is InChI=1S/C9H9NO3/c1-10-8(11)6-4-2-3-5(13-4)7(6)9(10)12/h4-5H,2-3H2,1H3. The van der Waals surface area contributed by atoms with E-state index in [0.717, 1.165) is 12.8 Å². The van der Waals surface area contributed by atoms with E-state index in [2.05, 4.69) is 0 Å². The third kappa shape index (κ3) is 0.659. The smallest absolute Gasteiger partial charge is 0.259 e. The molecular formula is C9H9NO3. The van der Waals surface area contributed by atoms with E-state index >= 15 is 0 Å². The van der Waals surface area contributed by atoms with E-state index in [0.29, 0.717) is 11.1 Å². The molecule has 3 heterocycles. The summed E-state index contributed by atoms with van der Waals surface area (Å²) in [5.74, 6) is -0.320. The number of rotatable bonds is 0. The number of hydrogen-bond acceptors (Lipinski definition) is 3. The summed E-state index contributed by atoms with van der Waals surface area (Å²) < 4.78 is 5.49. The topological polar surface area (TPSA) is 46.6 Å². The van der Waals surface area contributed by atoms with Gasteiger partial charge in [0.1, 0.15) is 0 Å². The normalized spacial score (nSPS) is 36.5. The van der Waals surface area contributed by atoms with Gasteiger partial charge in [0.2, 0.25) is 0 Å². The number of carbonyl (C=O) groups is 2. The maximum Gasteiger partial charge on any atom is 0.259 e. The molecule has 3 aliphatic rings. The Balaban J connectivity index is 2.15. The number of fused-ring (bicyclic) bond motifs is 4. The molecule has 4 nitrogen and oxygen atoms in total. The molecule has 0 aromatic carbocycles. The van der Waals surface area contributed by atoms with Crippen molar-refractivity contribution >= 4 is 11.8 Å². The van der Waals surface area contributed by atoms with Gasteiger partial charge < -0.3 is 4.74 Å². The van der Waals surface area contributed by atoms with Crippen LogP contribution in [0.1, 0.15) is 12.8 Å². The van der Waals surface area contributed by atoms with Crippen molar-refractivity contribution in [2.24, 2.45) is 0 Å². The summed E-state index contributed by atoms with van der Waals surface area (Å²) in [5, 5.41) is 0. The molecule has 4 heteroatoms. The van der Waals surface area contributed by atoms with Gasteiger partial charge in [-0.2, -0.15) is 0 Å². The molecule has 0 radical (unpaired) electrons. The highest BCUT2D eigenvalue weighted by Crippen LogP contribution is 2.43. The number of amides is 2. The Kier molecular flexibility index (Phi) is 1.12. The summed E-state index contributed by atoms with van der Waals surface area (Å²) in [4.78, 5) is 24.3. The average Bonchev–Trinajstić information content (AvgIpc) is 2.76. The zero-order valence-corrected chi connectivity index (χ0v) is 7.24. The summed E-state index contributed by atoms with van der Waals surface area (Å²) >= 11 is 0. The fraction of sp³-hybridized carbons (Fsp3) is 0.556. The minimum atomic E-state index is -0.160. The van der Waals surface area contributed by atoms with Gasteiger partial charge in [-0.15, -0.1) is 0 Å². The first-order chi connectivity index (χ1) is 6.20. The van der Waals surface area contributed by atoms with Gasteiger partial charge in [0.15, 0.2) is 0 Å². The first-order valence-electron chi connectivity index (χ1n) is 4.42. The van der Waals surface area contributed by atoms with Crippen molar-refractivity contribution in [1.29, 1.82) is 0 Å². The summed E-state index contributed by atoms with van der Waals surface area (Å²) in [6.45, 7) is 0. The minimum absolute atomic E-state index is 0.0959. The monoisotopic (exact) mass is 179 g/mol. The van der Waals surface area contributed by atoms with Crippen molar-refractivity contribution < 1.29 is 14.3 Å². The Bertz CT molecular complexity index is 326. The van der Waals surface area contributed by atoms with Crippen LogP contribution in [0.4, 0.5) is 0 Å². The van der Waals surface area contributed by atoms with Gasteiger partial charge in [0, 0.05) is 7.05 Å². The Hall–Kier alpha value is -1.16. The second kappa shape index (κ2) is 2.01. The average molecular weight is 179 g/mol. The lowest BCUT2D eigenvalue weighted by Gasteiger charge is -2.12. The minimum Gasteiger partial charge on any atom is -0.365 e. The van der Waals surface area contributed by atoms with E-state index in [9.17, 15) is 9.59 Å². The van der Waals surface area contributed by atoms with Gasteiger partial charge in [-0.25, -0.2) is 0 Å². The molecular weight excluding hydrogens is 170 g/mol. The fourth-order valence-corrected chi connectivity index (χ4v) is 2.37. The molecule has 0 aliphatic carbocycles. The summed E-state index contributed by atoms with van der Waals surface area (Å²) in [5.41, 5.74) is 1.26. The van der Waals surface area contributed by atoms with Gasteiger partial charge >= 0.3 is 0 Å². The van der Waals surface area contributed by atoms with Crippen LogP contribution in [0.3, 0.4) is 0 Å². The largest absolute Gasteiger partial charge is 0.365 e. The first-order valence-corrected chi connectivity index (χ1v) is 4.42. The van der Waals surface area contributed by atoms with Gasteiger partial charge in [-0.05, 0) is 12.8 Å². The molecule has 0 aromatic heterocycles. The van der Waals surface area contributed by atoms with E-state index < -0.39 is 0 Å². The second-order valence-corrected chi connectivity index (χ2v) is 3.69. The maximum absolute atomic E-state index is 11.6. The molecule has 1 fully saturated rings. The predicted molar refractivity (Wildman–Crippen MR) is 42.7 cm³/mol. The van der Waals surface area contributed by atoms with Crippen molar-refractivity contribution in [2.45, 2.75) is 25.0 Å². The number of likely N-dealkylation sites (N-methyl/N-ethyl adjacent to an activating group) is 1. The van der Waals surface area contributed by atoms with Gasteiger partial charge in [-0.3, -0.25) is 14.5 Å². The lowest BCUT2D eigenvalue weighted by molar-refractivity contribution is -0.137. The highest BCUT2D eigenvalue weighted by molar-refractivity contribution is 6.20. The molecule has 2 unspecified atom stereocenters. The van der Waals surface area contributed by atoms with Crippen LogP contribution in [-0.4, -0.2) is 36.0 Å². The van der Waals surface area contributed by atoms with Crippen LogP contribution in [-0.2, 0) is 14.3 Å². The van der Waals surface area contributed by atoms with Crippen LogP contribution in [0.2, 0.25) is 0 Å². The van der Waals surface area contributed by atoms with Crippen molar-refractivity contribution in [2.75, 3.05) is 7.05 Å². The molecule has 0 spiro atoms. The molecule has 2 bridgehead atoms. The second-order valence-electron chi connectivity index (χ2n) is 3.69. The number of hydrogen-bond donors (Lipinski definition) is 0. The number of nitrogens with zero attached hydrogens (tertiary/aromatic N) is 1. The van der Waals surface area contributed by atoms with E-state index in [4.69, 9.17) is 4.74 Å². The highest BCUT2D eigenvalue weighted by Gasteiger charge is 2.52. The van der Waals surface area contributed by atoms with Crippen LogP contribution in [0.25, 0.3) is 0 Å².